The SMILES string of the molecule is C=Cc1ccccc1-c1c(O)c(O)c(O)c(O)c1C=C. The molecule has 0 unspecified atom stereocenters. The van der Waals surface area contributed by atoms with Crippen LogP contribution >= 0.6 is 0 Å². The molecule has 0 aromatic heterocycles. The minimum Gasteiger partial charge on any atom is -0.504 e. The first-order valence-corrected chi connectivity index (χ1v) is 5.87. The van der Waals surface area contributed by atoms with Crippen molar-refractivity contribution >= 4 is 12.2 Å². The van der Waals surface area contributed by atoms with Gasteiger partial charge in [-0.15, -0.1) is 0 Å². The fraction of sp³-hybridized carbons (Fsp3) is 0. The fourth-order valence-corrected chi connectivity index (χ4v) is 2.09. The molecule has 4 nitrogen and oxygen atoms in total. The molecule has 0 amide bonds. The Kier molecular flexibility index (Phi) is 3.39. The molecule has 0 aliphatic heterocycles. The van der Waals surface area contributed by atoms with Crippen LogP contribution in [0.5, 0.6) is 23.0 Å². The van der Waals surface area contributed by atoms with Crippen molar-refractivity contribution in [3.05, 3.63) is 48.6 Å². The average molecular weight is 270 g/mol. The van der Waals surface area contributed by atoms with Gasteiger partial charge in [-0.2, -0.15) is 0 Å². The van der Waals surface area contributed by atoms with E-state index in [-0.39, 0.29) is 11.1 Å². The second-order valence-electron chi connectivity index (χ2n) is 4.18. The Balaban J connectivity index is 2.93. The van der Waals surface area contributed by atoms with Crippen molar-refractivity contribution < 1.29 is 20.4 Å². The third-order valence-electron chi connectivity index (χ3n) is 3.09. The Labute approximate surface area is 116 Å². The summed E-state index contributed by atoms with van der Waals surface area (Å²) < 4.78 is 0. The summed E-state index contributed by atoms with van der Waals surface area (Å²) in [5.41, 5.74) is 1.58. The van der Waals surface area contributed by atoms with Crippen LogP contribution in [0.15, 0.2) is 37.4 Å². The smallest absolute Gasteiger partial charge is 0.204 e. The van der Waals surface area contributed by atoms with Crippen LogP contribution in [0.1, 0.15) is 11.1 Å². The first-order chi connectivity index (χ1) is 9.52. The summed E-state index contributed by atoms with van der Waals surface area (Å²) >= 11 is 0. The molecule has 0 heterocycles. The molecule has 4 heteroatoms. The number of aromatic hydroxyl groups is 4. The van der Waals surface area contributed by atoms with Crippen LogP contribution < -0.4 is 0 Å². The summed E-state index contributed by atoms with van der Waals surface area (Å²) in [4.78, 5) is 0. The molecule has 0 atom stereocenters. The second kappa shape index (κ2) is 5.01. The molecule has 102 valence electrons. The molecule has 0 bridgehead atoms. The van der Waals surface area contributed by atoms with E-state index in [0.29, 0.717) is 11.1 Å². The van der Waals surface area contributed by atoms with Gasteiger partial charge in [-0.3, -0.25) is 0 Å². The van der Waals surface area contributed by atoms with E-state index < -0.39 is 23.0 Å². The van der Waals surface area contributed by atoms with Crippen molar-refractivity contribution in [2.45, 2.75) is 0 Å². The molecule has 4 N–H and O–H groups in total. The van der Waals surface area contributed by atoms with Crippen LogP contribution in [-0.4, -0.2) is 20.4 Å². The summed E-state index contributed by atoms with van der Waals surface area (Å²) in [5.74, 6) is -2.62. The molecule has 2 aromatic rings. The van der Waals surface area contributed by atoms with E-state index in [0.717, 1.165) is 0 Å². The summed E-state index contributed by atoms with van der Waals surface area (Å²) in [7, 11) is 0. The normalized spacial score (nSPS) is 10.2. The topological polar surface area (TPSA) is 80.9 Å². The van der Waals surface area contributed by atoms with Crippen molar-refractivity contribution in [1.29, 1.82) is 0 Å². The number of phenolic OH excluding ortho intramolecular Hbond substituents is 4. The predicted molar refractivity (Wildman–Crippen MR) is 78.7 cm³/mol. The standard InChI is InChI=1S/C16H14O4/c1-3-9-7-5-6-8-11(9)12-10(4-2)13(17)15(19)16(20)14(12)18/h3-8,17-20H,1-2H2. The molecule has 0 saturated heterocycles. The average Bonchev–Trinajstić information content (AvgIpc) is 2.48. The molecule has 0 saturated carbocycles. The summed E-state index contributed by atoms with van der Waals surface area (Å²) in [6.45, 7) is 7.24. The molecule has 2 rings (SSSR count). The van der Waals surface area contributed by atoms with Gasteiger partial charge in [0.2, 0.25) is 11.5 Å². The van der Waals surface area contributed by atoms with E-state index in [1.54, 1.807) is 30.3 Å². The minimum atomic E-state index is -0.780. The first-order valence-electron chi connectivity index (χ1n) is 5.87. The van der Waals surface area contributed by atoms with Gasteiger partial charge in [-0.05, 0) is 11.1 Å². The number of hydrogen-bond donors (Lipinski definition) is 4. The van der Waals surface area contributed by atoms with Crippen molar-refractivity contribution in [3.8, 4) is 34.1 Å². The molecular formula is C16H14O4. The lowest BCUT2D eigenvalue weighted by atomic mass is 9.93. The van der Waals surface area contributed by atoms with E-state index in [1.807, 2.05) is 0 Å². The summed E-state index contributed by atoms with van der Waals surface area (Å²) in [6.07, 6.45) is 2.88. The zero-order chi connectivity index (χ0) is 14.9. The van der Waals surface area contributed by atoms with Crippen LogP contribution in [0.3, 0.4) is 0 Å². The highest BCUT2D eigenvalue weighted by Crippen LogP contribution is 2.52. The maximum absolute atomic E-state index is 10.1. The van der Waals surface area contributed by atoms with Crippen LogP contribution in [0, 0.1) is 0 Å². The first kappa shape index (κ1) is 13.5. The maximum Gasteiger partial charge on any atom is 0.204 e. The largest absolute Gasteiger partial charge is 0.504 e. The van der Waals surface area contributed by atoms with Crippen LogP contribution in [0.2, 0.25) is 0 Å². The Morgan fingerprint density at radius 2 is 1.35 bits per heavy atom. The third-order valence-corrected chi connectivity index (χ3v) is 3.09. The minimum absolute atomic E-state index is 0.132. The lowest BCUT2D eigenvalue weighted by Gasteiger charge is -2.15. The molecule has 0 aliphatic rings. The molecular weight excluding hydrogens is 256 g/mol. The Morgan fingerprint density at radius 3 is 1.95 bits per heavy atom. The second-order valence-corrected chi connectivity index (χ2v) is 4.18. The molecule has 20 heavy (non-hydrogen) atoms. The zero-order valence-electron chi connectivity index (χ0n) is 10.7. The van der Waals surface area contributed by atoms with Gasteiger partial charge in [0.1, 0.15) is 0 Å². The Morgan fingerprint density at radius 1 is 0.750 bits per heavy atom. The maximum atomic E-state index is 10.1. The molecule has 2 aromatic carbocycles. The van der Waals surface area contributed by atoms with Gasteiger partial charge >= 0.3 is 0 Å². The summed E-state index contributed by atoms with van der Waals surface area (Å²) in [5, 5.41) is 39.2. The highest BCUT2D eigenvalue weighted by molar-refractivity contribution is 5.91. The summed E-state index contributed by atoms with van der Waals surface area (Å²) in [6, 6.07) is 7.02. The van der Waals surface area contributed by atoms with Gasteiger partial charge in [0.15, 0.2) is 11.5 Å². The van der Waals surface area contributed by atoms with Gasteiger partial charge < -0.3 is 20.4 Å². The van der Waals surface area contributed by atoms with Gasteiger partial charge in [0.05, 0.1) is 0 Å². The van der Waals surface area contributed by atoms with Crippen molar-refractivity contribution in [1.82, 2.24) is 0 Å². The third kappa shape index (κ3) is 1.87. The fourth-order valence-electron chi connectivity index (χ4n) is 2.09. The number of hydrogen-bond acceptors (Lipinski definition) is 4. The van der Waals surface area contributed by atoms with E-state index >= 15 is 0 Å². The number of benzene rings is 2. The Bertz CT molecular complexity index is 702. The monoisotopic (exact) mass is 270 g/mol. The van der Waals surface area contributed by atoms with Gasteiger partial charge in [0, 0.05) is 11.1 Å². The van der Waals surface area contributed by atoms with E-state index in [1.165, 1.54) is 6.08 Å². The predicted octanol–water partition coefficient (Wildman–Crippen LogP) is 3.46. The van der Waals surface area contributed by atoms with E-state index in [9.17, 15) is 20.4 Å². The van der Waals surface area contributed by atoms with Crippen molar-refractivity contribution in [2.75, 3.05) is 0 Å². The van der Waals surface area contributed by atoms with Crippen molar-refractivity contribution in [2.24, 2.45) is 0 Å². The molecule has 0 spiro atoms. The van der Waals surface area contributed by atoms with Crippen LogP contribution in [0.25, 0.3) is 23.3 Å². The van der Waals surface area contributed by atoms with Crippen LogP contribution in [-0.2, 0) is 0 Å². The molecule has 0 aliphatic carbocycles. The number of phenols is 4. The quantitative estimate of drug-likeness (QED) is 0.508. The van der Waals surface area contributed by atoms with E-state index in [4.69, 9.17) is 0 Å². The van der Waals surface area contributed by atoms with Crippen LogP contribution in [0.4, 0.5) is 0 Å². The highest BCUT2D eigenvalue weighted by atomic mass is 16.3. The van der Waals surface area contributed by atoms with Gasteiger partial charge in [0.25, 0.3) is 0 Å². The number of rotatable bonds is 3. The lowest BCUT2D eigenvalue weighted by molar-refractivity contribution is 0.346. The Hall–Kier alpha value is -2.88. The highest BCUT2D eigenvalue weighted by Gasteiger charge is 2.23. The zero-order valence-corrected chi connectivity index (χ0v) is 10.7. The van der Waals surface area contributed by atoms with Gasteiger partial charge in [-0.25, -0.2) is 0 Å². The van der Waals surface area contributed by atoms with Crippen molar-refractivity contribution in [3.63, 3.8) is 0 Å². The molecule has 0 fully saturated rings. The molecule has 0 radical (unpaired) electrons. The van der Waals surface area contributed by atoms with Gasteiger partial charge in [-0.1, -0.05) is 49.6 Å². The lowest BCUT2D eigenvalue weighted by Crippen LogP contribution is -1.90. The van der Waals surface area contributed by atoms with E-state index in [2.05, 4.69) is 13.2 Å².